The third-order valence-electron chi connectivity index (χ3n) is 11.7. The van der Waals surface area contributed by atoms with Crippen molar-refractivity contribution in [2.45, 2.75) is 144 Å². The van der Waals surface area contributed by atoms with E-state index in [4.69, 9.17) is 9.47 Å². The first-order chi connectivity index (χ1) is 17.7. The average Bonchev–Trinajstić information content (AvgIpc) is 3.21. The molecule has 0 aromatic carbocycles. The van der Waals surface area contributed by atoms with Crippen LogP contribution < -0.4 is 0 Å². The molecule has 4 aliphatic rings. The molecular formula is C34H58O3. The van der Waals surface area contributed by atoms with Crippen LogP contribution in [0.25, 0.3) is 0 Å². The normalized spacial score (nSPS) is 37.8. The number of ether oxygens (including phenoxy) is 2. The van der Waals surface area contributed by atoms with Crippen molar-refractivity contribution < 1.29 is 14.3 Å². The average molecular weight is 515 g/mol. The zero-order chi connectivity index (χ0) is 26.6. The summed E-state index contributed by atoms with van der Waals surface area (Å²) in [6.07, 6.45) is 20.8. The van der Waals surface area contributed by atoms with Crippen molar-refractivity contribution in [3.63, 3.8) is 0 Å². The Kier molecular flexibility index (Phi) is 9.77. The Hall–Kier alpha value is -0.990. The van der Waals surface area contributed by atoms with Gasteiger partial charge in [0.2, 0.25) is 0 Å². The van der Waals surface area contributed by atoms with E-state index in [1.165, 1.54) is 64.2 Å². The number of allylic oxidation sites excluding steroid dienone is 1. The van der Waals surface area contributed by atoms with E-state index in [1.54, 1.807) is 5.57 Å². The van der Waals surface area contributed by atoms with E-state index < -0.39 is 6.16 Å². The zero-order valence-electron chi connectivity index (χ0n) is 25.2. The molecule has 0 saturated heterocycles. The first-order valence-corrected chi connectivity index (χ1v) is 16.2. The molecule has 0 aromatic rings. The van der Waals surface area contributed by atoms with Crippen molar-refractivity contribution >= 4 is 6.16 Å². The van der Waals surface area contributed by atoms with Gasteiger partial charge in [-0.05, 0) is 97.7 Å². The van der Waals surface area contributed by atoms with Crippen LogP contribution in [0.3, 0.4) is 0 Å². The molecule has 0 bridgehead atoms. The maximum atomic E-state index is 12.3. The predicted octanol–water partition coefficient (Wildman–Crippen LogP) is 10.1. The minimum Gasteiger partial charge on any atom is -0.434 e. The molecule has 8 atom stereocenters. The van der Waals surface area contributed by atoms with E-state index in [2.05, 4.69) is 47.6 Å². The second-order valence-electron chi connectivity index (χ2n) is 14.4. The van der Waals surface area contributed by atoms with Crippen molar-refractivity contribution in [3.8, 4) is 0 Å². The molecule has 212 valence electrons. The lowest BCUT2D eigenvalue weighted by Gasteiger charge is -2.58. The van der Waals surface area contributed by atoms with E-state index in [0.717, 1.165) is 67.6 Å². The van der Waals surface area contributed by atoms with Gasteiger partial charge in [0.05, 0.1) is 6.61 Å². The molecule has 3 saturated carbocycles. The summed E-state index contributed by atoms with van der Waals surface area (Å²) in [6.45, 7) is 15.2. The zero-order valence-corrected chi connectivity index (χ0v) is 25.2. The summed E-state index contributed by atoms with van der Waals surface area (Å²) < 4.78 is 11.2. The Bertz CT molecular complexity index is 786. The fraction of sp³-hybridized carbons (Fsp3) is 0.912. The lowest BCUT2D eigenvalue weighted by molar-refractivity contribution is -0.0617. The molecule has 0 aliphatic heterocycles. The van der Waals surface area contributed by atoms with Crippen LogP contribution in [0.2, 0.25) is 0 Å². The van der Waals surface area contributed by atoms with Gasteiger partial charge in [0.25, 0.3) is 0 Å². The van der Waals surface area contributed by atoms with Crippen molar-refractivity contribution in [1.29, 1.82) is 0 Å². The van der Waals surface area contributed by atoms with Crippen LogP contribution in [-0.2, 0) is 9.47 Å². The number of unbranched alkanes of at least 4 members (excludes halogenated alkanes) is 3. The van der Waals surface area contributed by atoms with Gasteiger partial charge in [0, 0.05) is 6.42 Å². The predicted molar refractivity (Wildman–Crippen MR) is 153 cm³/mol. The highest BCUT2D eigenvalue weighted by Crippen LogP contribution is 2.67. The van der Waals surface area contributed by atoms with Gasteiger partial charge in [-0.15, -0.1) is 0 Å². The number of hydrogen-bond donors (Lipinski definition) is 0. The van der Waals surface area contributed by atoms with Crippen molar-refractivity contribution in [2.24, 2.45) is 46.3 Å². The Morgan fingerprint density at radius 2 is 1.78 bits per heavy atom. The Morgan fingerprint density at radius 1 is 0.973 bits per heavy atom. The van der Waals surface area contributed by atoms with Gasteiger partial charge in [-0.1, -0.05) is 91.7 Å². The lowest BCUT2D eigenvalue weighted by Crippen LogP contribution is -2.51. The third-order valence-corrected chi connectivity index (χ3v) is 11.7. The molecule has 0 N–H and O–H groups in total. The highest BCUT2D eigenvalue weighted by atomic mass is 16.7. The summed E-state index contributed by atoms with van der Waals surface area (Å²) in [4.78, 5) is 12.3. The molecule has 6 unspecified atom stereocenters. The van der Waals surface area contributed by atoms with Crippen LogP contribution in [-0.4, -0.2) is 18.9 Å². The number of hydrogen-bond acceptors (Lipinski definition) is 3. The van der Waals surface area contributed by atoms with Crippen LogP contribution in [0.4, 0.5) is 4.79 Å². The van der Waals surface area contributed by atoms with Gasteiger partial charge < -0.3 is 9.47 Å². The Balaban J connectivity index is 1.34. The van der Waals surface area contributed by atoms with Gasteiger partial charge in [-0.25, -0.2) is 4.79 Å². The number of carbonyl (C=O) groups is 1. The van der Waals surface area contributed by atoms with Crippen LogP contribution >= 0.6 is 0 Å². The third kappa shape index (κ3) is 6.27. The molecule has 0 heterocycles. The number of rotatable bonds is 11. The van der Waals surface area contributed by atoms with E-state index >= 15 is 0 Å². The smallest absolute Gasteiger partial charge is 0.434 e. The standard InChI is InChI=1S/C34H58O3/c1-7-8-9-10-22-36-32(35)37-27-18-20-33(5)26(23-27)14-15-28-30-17-16-29(25(4)13-11-12-24(2)3)34(30,6)21-19-31(28)33/h14,24-25,27-31H,7-13,15-23H2,1-6H3/t25?,27?,28?,29?,30?,31?,33-,34+/m0/s1. The number of carbonyl (C=O) groups excluding carboxylic acids is 1. The van der Waals surface area contributed by atoms with Crippen molar-refractivity contribution in [1.82, 2.24) is 0 Å². The van der Waals surface area contributed by atoms with Crippen LogP contribution in [0.15, 0.2) is 11.6 Å². The van der Waals surface area contributed by atoms with Crippen molar-refractivity contribution in [3.05, 3.63) is 11.6 Å². The molecule has 0 aromatic heterocycles. The summed E-state index contributed by atoms with van der Waals surface area (Å²) in [5.74, 6) is 5.18. The summed E-state index contributed by atoms with van der Waals surface area (Å²) in [6, 6.07) is 0. The highest BCUT2D eigenvalue weighted by molar-refractivity contribution is 5.60. The first kappa shape index (κ1) is 29.0. The molecule has 4 aliphatic carbocycles. The maximum Gasteiger partial charge on any atom is 0.508 e. The summed E-state index contributed by atoms with van der Waals surface area (Å²) in [7, 11) is 0. The van der Waals surface area contributed by atoms with Crippen LogP contribution in [0, 0.1) is 46.3 Å². The van der Waals surface area contributed by atoms with E-state index in [9.17, 15) is 4.79 Å². The second-order valence-corrected chi connectivity index (χ2v) is 14.4. The van der Waals surface area contributed by atoms with Crippen LogP contribution in [0.5, 0.6) is 0 Å². The van der Waals surface area contributed by atoms with Gasteiger partial charge >= 0.3 is 6.16 Å². The molecule has 0 radical (unpaired) electrons. The van der Waals surface area contributed by atoms with Crippen LogP contribution in [0.1, 0.15) is 138 Å². The van der Waals surface area contributed by atoms with E-state index in [1.807, 2.05) is 0 Å². The SMILES string of the molecule is CCCCCCOC(=O)OC1CC[C@@]2(C)C(=CCC3C4CCC(C(C)CCCC(C)C)[C@@]4(C)CCC32)C1. The minimum absolute atomic E-state index is 0.00424. The summed E-state index contributed by atoms with van der Waals surface area (Å²) in [5.41, 5.74) is 2.43. The minimum atomic E-state index is -0.452. The van der Waals surface area contributed by atoms with E-state index in [-0.39, 0.29) is 6.10 Å². The maximum absolute atomic E-state index is 12.3. The fourth-order valence-corrected chi connectivity index (χ4v) is 9.61. The summed E-state index contributed by atoms with van der Waals surface area (Å²) in [5, 5.41) is 0. The van der Waals surface area contributed by atoms with Gasteiger partial charge in [-0.2, -0.15) is 0 Å². The molecule has 0 amide bonds. The highest BCUT2D eigenvalue weighted by Gasteiger charge is 2.59. The molecular weight excluding hydrogens is 456 g/mol. The van der Waals surface area contributed by atoms with Crippen molar-refractivity contribution in [2.75, 3.05) is 6.61 Å². The largest absolute Gasteiger partial charge is 0.508 e. The second kappa shape index (κ2) is 12.5. The topological polar surface area (TPSA) is 35.5 Å². The Morgan fingerprint density at radius 3 is 2.54 bits per heavy atom. The van der Waals surface area contributed by atoms with Gasteiger partial charge in [0.15, 0.2) is 0 Å². The molecule has 3 nitrogen and oxygen atoms in total. The number of fused-ring (bicyclic) bond motifs is 5. The fourth-order valence-electron chi connectivity index (χ4n) is 9.61. The molecule has 3 heteroatoms. The molecule has 0 spiro atoms. The molecule has 37 heavy (non-hydrogen) atoms. The quantitative estimate of drug-likeness (QED) is 0.156. The monoisotopic (exact) mass is 514 g/mol. The summed E-state index contributed by atoms with van der Waals surface area (Å²) >= 11 is 0. The molecule has 3 fully saturated rings. The van der Waals surface area contributed by atoms with Gasteiger partial charge in [0.1, 0.15) is 6.10 Å². The first-order valence-electron chi connectivity index (χ1n) is 16.2. The van der Waals surface area contributed by atoms with E-state index in [0.29, 0.717) is 17.4 Å². The Labute approximate surface area is 228 Å². The molecule has 4 rings (SSSR count). The lowest BCUT2D eigenvalue weighted by atomic mass is 9.47. The van der Waals surface area contributed by atoms with Gasteiger partial charge in [-0.3, -0.25) is 0 Å².